The van der Waals surface area contributed by atoms with Crippen molar-refractivity contribution in [3.05, 3.63) is 12.8 Å². The molecule has 2 nitrogen and oxygen atoms in total. The van der Waals surface area contributed by atoms with Crippen LogP contribution in [-0.4, -0.2) is 18.1 Å². The molecule has 0 atom stereocenters. The summed E-state index contributed by atoms with van der Waals surface area (Å²) >= 11 is 0. The molecule has 0 fully saturated rings. The summed E-state index contributed by atoms with van der Waals surface area (Å²) in [6.45, 7) is 7.74. The molecule has 2 heteroatoms. The minimum atomic E-state index is 0.484. The highest BCUT2D eigenvalue weighted by atomic mass is 15.5. The van der Waals surface area contributed by atoms with Gasteiger partial charge in [0, 0.05) is 19.3 Å². The molecule has 0 rings (SSSR count). The number of hydrogen-bond donors (Lipinski definition) is 1. The van der Waals surface area contributed by atoms with Crippen LogP contribution in [0.3, 0.4) is 0 Å². The van der Waals surface area contributed by atoms with Crippen LogP contribution in [0.2, 0.25) is 0 Å². The third kappa shape index (κ3) is 3.68. The number of hydrogen-bond acceptors (Lipinski definition) is 2. The van der Waals surface area contributed by atoms with Crippen LogP contribution in [0.1, 0.15) is 13.8 Å². The van der Waals surface area contributed by atoms with Crippen LogP contribution in [0.4, 0.5) is 0 Å². The predicted molar refractivity (Wildman–Crippen MR) is 36.2 cm³/mol. The fourth-order valence-corrected chi connectivity index (χ4v) is 0.460. The zero-order valence-corrected chi connectivity index (χ0v) is 5.81. The van der Waals surface area contributed by atoms with Gasteiger partial charge in [-0.25, -0.2) is 5.43 Å². The lowest BCUT2D eigenvalue weighted by Crippen LogP contribution is -2.34. The Morgan fingerprint density at radius 1 is 1.62 bits per heavy atom. The van der Waals surface area contributed by atoms with Crippen molar-refractivity contribution in [2.75, 3.05) is 7.05 Å². The van der Waals surface area contributed by atoms with E-state index >= 15 is 0 Å². The molecular formula is C6H14N2. The lowest BCUT2D eigenvalue weighted by Gasteiger charge is -2.17. The van der Waals surface area contributed by atoms with Gasteiger partial charge < -0.3 is 5.01 Å². The summed E-state index contributed by atoms with van der Waals surface area (Å²) in [5.41, 5.74) is 3.11. The number of nitrogens with zero attached hydrogens (tertiary/aromatic N) is 1. The Labute approximate surface area is 51.2 Å². The maximum absolute atomic E-state index is 3.58. The van der Waals surface area contributed by atoms with Crippen molar-refractivity contribution in [3.63, 3.8) is 0 Å². The maximum Gasteiger partial charge on any atom is 0.0225 e. The van der Waals surface area contributed by atoms with Crippen molar-refractivity contribution in [2.24, 2.45) is 0 Å². The lowest BCUT2D eigenvalue weighted by molar-refractivity contribution is 0.293. The van der Waals surface area contributed by atoms with E-state index in [1.165, 1.54) is 0 Å². The number of hydrazine groups is 1. The van der Waals surface area contributed by atoms with Gasteiger partial charge in [0.1, 0.15) is 0 Å². The van der Waals surface area contributed by atoms with E-state index in [4.69, 9.17) is 0 Å². The van der Waals surface area contributed by atoms with E-state index < -0.39 is 0 Å². The number of rotatable bonds is 3. The van der Waals surface area contributed by atoms with E-state index in [9.17, 15) is 0 Å². The minimum absolute atomic E-state index is 0.484. The Balaban J connectivity index is 3.23. The van der Waals surface area contributed by atoms with E-state index in [0.29, 0.717) is 6.04 Å². The summed E-state index contributed by atoms with van der Waals surface area (Å²) in [5, 5.41) is 1.84. The molecule has 0 spiro atoms. The maximum atomic E-state index is 3.58. The Morgan fingerprint density at radius 3 is 2.25 bits per heavy atom. The smallest absolute Gasteiger partial charge is 0.0225 e. The normalized spacial score (nSPS) is 9.50. The van der Waals surface area contributed by atoms with Gasteiger partial charge in [-0.1, -0.05) is 6.58 Å². The zero-order valence-electron chi connectivity index (χ0n) is 5.81. The molecule has 0 unspecified atom stereocenters. The van der Waals surface area contributed by atoms with Gasteiger partial charge in [0.15, 0.2) is 0 Å². The Hall–Kier alpha value is -0.500. The average molecular weight is 114 g/mol. The second-order valence-electron chi connectivity index (χ2n) is 2.08. The van der Waals surface area contributed by atoms with Crippen molar-refractivity contribution in [3.8, 4) is 0 Å². The van der Waals surface area contributed by atoms with Crippen molar-refractivity contribution in [2.45, 2.75) is 19.9 Å². The molecule has 48 valence electrons. The van der Waals surface area contributed by atoms with Crippen LogP contribution >= 0.6 is 0 Å². The molecule has 0 saturated carbocycles. The molecule has 0 aliphatic rings. The molecular weight excluding hydrogens is 100 g/mol. The molecule has 0 radical (unpaired) electrons. The standard InChI is InChI=1S/C6H14N2/c1-5-8(4)7-6(2)3/h5-7H,1H2,2-4H3. The first kappa shape index (κ1) is 7.50. The Morgan fingerprint density at radius 2 is 2.12 bits per heavy atom. The first-order chi connectivity index (χ1) is 3.66. The van der Waals surface area contributed by atoms with Crippen molar-refractivity contribution in [1.82, 2.24) is 10.4 Å². The van der Waals surface area contributed by atoms with Crippen molar-refractivity contribution >= 4 is 0 Å². The molecule has 0 heterocycles. The monoisotopic (exact) mass is 114 g/mol. The zero-order chi connectivity index (χ0) is 6.57. The van der Waals surface area contributed by atoms with Crippen molar-refractivity contribution in [1.29, 1.82) is 0 Å². The highest BCUT2D eigenvalue weighted by Crippen LogP contribution is 1.79. The predicted octanol–water partition coefficient (Wildman–Crippen LogP) is 0.975. The highest BCUT2D eigenvalue weighted by Gasteiger charge is 1.90. The van der Waals surface area contributed by atoms with Gasteiger partial charge in [0.25, 0.3) is 0 Å². The molecule has 1 N–H and O–H groups in total. The van der Waals surface area contributed by atoms with Crippen molar-refractivity contribution < 1.29 is 0 Å². The van der Waals surface area contributed by atoms with Crippen LogP contribution in [0, 0.1) is 0 Å². The van der Waals surface area contributed by atoms with E-state index in [-0.39, 0.29) is 0 Å². The molecule has 0 amide bonds. The summed E-state index contributed by atoms with van der Waals surface area (Å²) < 4.78 is 0. The molecule has 0 aromatic rings. The summed E-state index contributed by atoms with van der Waals surface area (Å²) in [5.74, 6) is 0. The molecule has 0 bridgehead atoms. The highest BCUT2D eigenvalue weighted by molar-refractivity contribution is 4.62. The van der Waals surface area contributed by atoms with Crippen LogP contribution < -0.4 is 5.43 Å². The fourth-order valence-electron chi connectivity index (χ4n) is 0.460. The van der Waals surface area contributed by atoms with Crippen LogP contribution in [-0.2, 0) is 0 Å². The van der Waals surface area contributed by atoms with Gasteiger partial charge >= 0.3 is 0 Å². The van der Waals surface area contributed by atoms with Gasteiger partial charge in [-0.05, 0) is 13.8 Å². The minimum Gasteiger partial charge on any atom is -0.319 e. The van der Waals surface area contributed by atoms with Gasteiger partial charge in [0.05, 0.1) is 0 Å². The number of nitrogens with one attached hydrogen (secondary N) is 1. The van der Waals surface area contributed by atoms with Gasteiger partial charge in [-0.2, -0.15) is 0 Å². The molecule has 0 aromatic heterocycles. The van der Waals surface area contributed by atoms with E-state index in [1.54, 1.807) is 6.20 Å². The first-order valence-electron chi connectivity index (χ1n) is 2.78. The quantitative estimate of drug-likeness (QED) is 0.550. The SMILES string of the molecule is C=CN(C)NC(C)C. The lowest BCUT2D eigenvalue weighted by atomic mass is 10.4. The Kier molecular flexibility index (Phi) is 3.28. The fraction of sp³-hybridized carbons (Fsp3) is 0.667. The molecule has 0 saturated heterocycles. The second kappa shape index (κ2) is 3.50. The molecule has 0 aliphatic carbocycles. The second-order valence-corrected chi connectivity index (χ2v) is 2.08. The van der Waals surface area contributed by atoms with E-state index in [2.05, 4.69) is 25.9 Å². The van der Waals surface area contributed by atoms with Crippen LogP contribution in [0.15, 0.2) is 12.8 Å². The molecule has 0 aliphatic heterocycles. The molecule has 0 aromatic carbocycles. The summed E-state index contributed by atoms with van der Waals surface area (Å²) in [7, 11) is 1.92. The van der Waals surface area contributed by atoms with Crippen LogP contribution in [0.25, 0.3) is 0 Å². The third-order valence-corrected chi connectivity index (χ3v) is 0.736. The van der Waals surface area contributed by atoms with E-state index in [0.717, 1.165) is 0 Å². The summed E-state index contributed by atoms with van der Waals surface area (Å²) in [6, 6.07) is 0.484. The Bertz CT molecular complexity index is 68.9. The summed E-state index contributed by atoms with van der Waals surface area (Å²) in [4.78, 5) is 0. The topological polar surface area (TPSA) is 15.3 Å². The van der Waals surface area contributed by atoms with Gasteiger partial charge in [-0.3, -0.25) is 0 Å². The third-order valence-electron chi connectivity index (χ3n) is 0.736. The molecule has 8 heavy (non-hydrogen) atoms. The van der Waals surface area contributed by atoms with Crippen LogP contribution in [0.5, 0.6) is 0 Å². The first-order valence-corrected chi connectivity index (χ1v) is 2.78. The van der Waals surface area contributed by atoms with Gasteiger partial charge in [-0.15, -0.1) is 0 Å². The van der Waals surface area contributed by atoms with E-state index in [1.807, 2.05) is 12.1 Å². The largest absolute Gasteiger partial charge is 0.319 e. The summed E-state index contributed by atoms with van der Waals surface area (Å²) in [6.07, 6.45) is 1.74. The average Bonchev–Trinajstić information content (AvgIpc) is 1.65. The van der Waals surface area contributed by atoms with Gasteiger partial charge in [0.2, 0.25) is 0 Å².